The number of hydrogen-bond donors (Lipinski definition) is 0. The van der Waals surface area contributed by atoms with Gasteiger partial charge in [-0.2, -0.15) is 5.10 Å². The lowest BCUT2D eigenvalue weighted by Gasteiger charge is -2.43. The molecule has 2 saturated heterocycles. The maximum Gasteiger partial charge on any atom is 0.249 e. The molecule has 0 radical (unpaired) electrons. The van der Waals surface area contributed by atoms with E-state index < -0.39 is 0 Å². The van der Waals surface area contributed by atoms with Crippen LogP contribution in [-0.4, -0.2) is 57.6 Å². The second-order valence-corrected chi connectivity index (χ2v) is 6.72. The number of aromatic nitrogens is 2. The standard InChI is InChI=1S/C17H22N4O2/c22-16(13-3-1-4-13)20-11-14(12-20)17(23)19-9-5-15(6-10-19)21-8-2-7-18-21/h2-3,7-8,14-15H,1,4-6,9-12H2. The average Bonchev–Trinajstić information content (AvgIpc) is 2.98. The van der Waals surface area contributed by atoms with Crippen molar-refractivity contribution in [2.75, 3.05) is 26.2 Å². The van der Waals surface area contributed by atoms with Crippen molar-refractivity contribution in [1.29, 1.82) is 0 Å². The molecule has 1 aromatic heterocycles. The summed E-state index contributed by atoms with van der Waals surface area (Å²) in [5.41, 5.74) is 0.927. The number of piperidine rings is 1. The van der Waals surface area contributed by atoms with E-state index in [0.29, 0.717) is 19.1 Å². The number of allylic oxidation sites excluding steroid dienone is 1. The zero-order valence-electron chi connectivity index (χ0n) is 13.2. The van der Waals surface area contributed by atoms with Crippen molar-refractivity contribution >= 4 is 11.8 Å². The van der Waals surface area contributed by atoms with Gasteiger partial charge in [0.05, 0.1) is 12.0 Å². The van der Waals surface area contributed by atoms with Crippen LogP contribution in [0.4, 0.5) is 0 Å². The van der Waals surface area contributed by atoms with E-state index in [1.54, 1.807) is 6.20 Å². The second kappa shape index (κ2) is 5.83. The predicted molar refractivity (Wildman–Crippen MR) is 84.5 cm³/mol. The Labute approximate surface area is 135 Å². The molecule has 0 atom stereocenters. The minimum atomic E-state index is 0.000815. The summed E-state index contributed by atoms with van der Waals surface area (Å²) in [4.78, 5) is 28.4. The summed E-state index contributed by atoms with van der Waals surface area (Å²) in [6.07, 6.45) is 9.61. The smallest absolute Gasteiger partial charge is 0.249 e. The van der Waals surface area contributed by atoms with Crippen LogP contribution in [0, 0.1) is 5.92 Å². The van der Waals surface area contributed by atoms with E-state index >= 15 is 0 Å². The highest BCUT2D eigenvalue weighted by Crippen LogP contribution is 2.28. The van der Waals surface area contributed by atoms with Gasteiger partial charge >= 0.3 is 0 Å². The molecule has 6 heteroatoms. The van der Waals surface area contributed by atoms with Gasteiger partial charge in [0.25, 0.3) is 0 Å². The Balaban J connectivity index is 1.26. The molecule has 23 heavy (non-hydrogen) atoms. The molecule has 6 nitrogen and oxygen atoms in total. The van der Waals surface area contributed by atoms with E-state index in [1.807, 2.05) is 32.8 Å². The first-order valence-electron chi connectivity index (χ1n) is 8.48. The molecular formula is C17H22N4O2. The number of rotatable bonds is 3. The number of nitrogens with zero attached hydrogens (tertiary/aromatic N) is 4. The fourth-order valence-electron chi connectivity index (χ4n) is 3.59. The fraction of sp³-hybridized carbons (Fsp3) is 0.588. The molecule has 2 amide bonds. The third-order valence-corrected chi connectivity index (χ3v) is 5.27. The number of amides is 2. The Morgan fingerprint density at radius 1 is 1.13 bits per heavy atom. The second-order valence-electron chi connectivity index (χ2n) is 6.72. The van der Waals surface area contributed by atoms with Crippen molar-refractivity contribution in [1.82, 2.24) is 19.6 Å². The Morgan fingerprint density at radius 2 is 1.87 bits per heavy atom. The molecule has 3 heterocycles. The van der Waals surface area contributed by atoms with Gasteiger partial charge in [0.2, 0.25) is 11.8 Å². The monoisotopic (exact) mass is 314 g/mol. The van der Waals surface area contributed by atoms with E-state index in [-0.39, 0.29) is 17.7 Å². The van der Waals surface area contributed by atoms with Crippen molar-refractivity contribution in [2.24, 2.45) is 5.92 Å². The molecule has 0 N–H and O–H groups in total. The number of carbonyl (C=O) groups excluding carboxylic acids is 2. The van der Waals surface area contributed by atoms with E-state index in [4.69, 9.17) is 0 Å². The summed E-state index contributed by atoms with van der Waals surface area (Å²) in [6, 6.07) is 2.34. The van der Waals surface area contributed by atoms with E-state index in [9.17, 15) is 9.59 Å². The molecule has 0 bridgehead atoms. The van der Waals surface area contributed by atoms with Crippen LogP contribution in [0.25, 0.3) is 0 Å². The summed E-state index contributed by atoms with van der Waals surface area (Å²) in [7, 11) is 0. The summed E-state index contributed by atoms with van der Waals surface area (Å²) < 4.78 is 2.00. The SMILES string of the molecule is O=C(C1=CCC1)N1CC(C(=O)N2CCC(n3cccn3)CC2)C1. The third kappa shape index (κ3) is 2.66. The van der Waals surface area contributed by atoms with Crippen LogP contribution in [0.3, 0.4) is 0 Å². The largest absolute Gasteiger partial charge is 0.342 e. The molecule has 2 fully saturated rings. The Bertz CT molecular complexity index is 623. The van der Waals surface area contributed by atoms with E-state index in [1.165, 1.54) is 0 Å². The normalized spacial score (nSPS) is 22.3. The maximum atomic E-state index is 12.5. The van der Waals surface area contributed by atoms with Crippen molar-refractivity contribution in [3.05, 3.63) is 30.1 Å². The van der Waals surface area contributed by atoms with Gasteiger partial charge in [-0.25, -0.2) is 0 Å². The lowest BCUT2D eigenvalue weighted by atomic mass is 9.92. The van der Waals surface area contributed by atoms with Crippen LogP contribution in [0.1, 0.15) is 31.7 Å². The fourth-order valence-corrected chi connectivity index (χ4v) is 3.59. The van der Waals surface area contributed by atoms with Crippen molar-refractivity contribution < 1.29 is 9.59 Å². The maximum absolute atomic E-state index is 12.5. The van der Waals surface area contributed by atoms with Crippen molar-refractivity contribution in [2.45, 2.75) is 31.7 Å². The van der Waals surface area contributed by atoms with Gasteiger partial charge in [0.15, 0.2) is 0 Å². The molecule has 1 aliphatic carbocycles. The molecule has 0 saturated carbocycles. The molecule has 3 aliphatic rings. The highest BCUT2D eigenvalue weighted by atomic mass is 16.2. The first-order chi connectivity index (χ1) is 11.2. The van der Waals surface area contributed by atoms with Crippen LogP contribution >= 0.6 is 0 Å². The lowest BCUT2D eigenvalue weighted by molar-refractivity contribution is -0.147. The first-order valence-corrected chi connectivity index (χ1v) is 8.48. The van der Waals surface area contributed by atoms with Gasteiger partial charge in [-0.1, -0.05) is 6.08 Å². The summed E-state index contributed by atoms with van der Waals surface area (Å²) >= 11 is 0. The topological polar surface area (TPSA) is 58.4 Å². The minimum Gasteiger partial charge on any atom is -0.342 e. The molecule has 1 aromatic rings. The zero-order valence-corrected chi connectivity index (χ0v) is 13.2. The summed E-state index contributed by atoms with van der Waals surface area (Å²) in [6.45, 7) is 2.76. The van der Waals surface area contributed by atoms with Gasteiger partial charge in [0.1, 0.15) is 0 Å². The Kier molecular flexibility index (Phi) is 3.67. The van der Waals surface area contributed by atoms with Gasteiger partial charge in [-0.15, -0.1) is 0 Å². The molecular weight excluding hydrogens is 292 g/mol. The van der Waals surface area contributed by atoms with Crippen LogP contribution in [-0.2, 0) is 9.59 Å². The molecule has 0 unspecified atom stereocenters. The summed E-state index contributed by atoms with van der Waals surface area (Å²) in [5, 5.41) is 4.30. The highest BCUT2D eigenvalue weighted by molar-refractivity contribution is 5.96. The average molecular weight is 314 g/mol. The molecule has 0 aromatic carbocycles. The van der Waals surface area contributed by atoms with E-state index in [2.05, 4.69) is 5.10 Å². The Morgan fingerprint density at radius 3 is 2.43 bits per heavy atom. The van der Waals surface area contributed by atoms with Gasteiger partial charge in [0, 0.05) is 44.1 Å². The van der Waals surface area contributed by atoms with Crippen LogP contribution < -0.4 is 0 Å². The number of carbonyl (C=O) groups is 2. The first kappa shape index (κ1) is 14.5. The number of likely N-dealkylation sites (tertiary alicyclic amines) is 2. The highest BCUT2D eigenvalue weighted by Gasteiger charge is 2.39. The van der Waals surface area contributed by atoms with Crippen molar-refractivity contribution in [3.63, 3.8) is 0 Å². The summed E-state index contributed by atoms with van der Waals surface area (Å²) in [5.74, 6) is 0.356. The number of hydrogen-bond acceptors (Lipinski definition) is 3. The van der Waals surface area contributed by atoms with Crippen LogP contribution in [0.15, 0.2) is 30.1 Å². The van der Waals surface area contributed by atoms with Crippen LogP contribution in [0.2, 0.25) is 0 Å². The minimum absolute atomic E-state index is 0.000815. The predicted octanol–water partition coefficient (Wildman–Crippen LogP) is 1.23. The third-order valence-electron chi connectivity index (χ3n) is 5.27. The molecule has 122 valence electrons. The van der Waals surface area contributed by atoms with Crippen molar-refractivity contribution in [3.8, 4) is 0 Å². The van der Waals surface area contributed by atoms with Crippen LogP contribution in [0.5, 0.6) is 0 Å². The Hall–Kier alpha value is -2.11. The van der Waals surface area contributed by atoms with Gasteiger partial charge < -0.3 is 9.80 Å². The molecule has 4 rings (SSSR count). The van der Waals surface area contributed by atoms with E-state index in [0.717, 1.165) is 44.3 Å². The zero-order chi connectivity index (χ0) is 15.8. The molecule has 2 aliphatic heterocycles. The lowest BCUT2D eigenvalue weighted by Crippen LogP contribution is -2.57. The van der Waals surface area contributed by atoms with Gasteiger partial charge in [-0.05, 0) is 31.7 Å². The molecule has 0 spiro atoms. The quantitative estimate of drug-likeness (QED) is 0.843. The van der Waals surface area contributed by atoms with Gasteiger partial charge in [-0.3, -0.25) is 14.3 Å².